The summed E-state index contributed by atoms with van der Waals surface area (Å²) in [7, 11) is 0. The van der Waals surface area contributed by atoms with Crippen LogP contribution in [0.25, 0.3) is 21.8 Å². The van der Waals surface area contributed by atoms with Crippen molar-refractivity contribution >= 4 is 65.0 Å². The highest BCUT2D eigenvalue weighted by Crippen LogP contribution is 2.28. The lowest BCUT2D eigenvalue weighted by Crippen LogP contribution is -1.88. The van der Waals surface area contributed by atoms with Crippen LogP contribution in [0.5, 0.6) is 0 Å². The van der Waals surface area contributed by atoms with Gasteiger partial charge in [0, 0.05) is 22.9 Å². The van der Waals surface area contributed by atoms with Gasteiger partial charge < -0.3 is 0 Å². The molecule has 0 amide bonds. The Balaban J connectivity index is 0.000000151. The Hall–Kier alpha value is -2.86. The lowest BCUT2D eigenvalue weighted by molar-refractivity contribution is -0.383. The zero-order chi connectivity index (χ0) is 18.8. The van der Waals surface area contributed by atoms with Gasteiger partial charge in [0.25, 0.3) is 11.4 Å². The molecule has 132 valence electrons. The smallest absolute Gasteiger partial charge is 0.270 e. The van der Waals surface area contributed by atoms with Crippen molar-refractivity contribution in [2.75, 3.05) is 0 Å². The van der Waals surface area contributed by atoms with Gasteiger partial charge in [-0.3, -0.25) is 30.4 Å². The number of para-hydroxylation sites is 2. The minimum atomic E-state index is -0.449. The van der Waals surface area contributed by atoms with Crippen LogP contribution in [0.4, 0.5) is 11.4 Å². The van der Waals surface area contributed by atoms with E-state index in [-0.39, 0.29) is 11.4 Å². The first kappa shape index (κ1) is 17.9. The van der Waals surface area contributed by atoms with Crippen LogP contribution < -0.4 is 0 Å². The molecule has 2 aromatic carbocycles. The Bertz CT molecular complexity index is 1050. The number of benzene rings is 2. The Morgan fingerprint density at radius 2 is 1.15 bits per heavy atom. The fourth-order valence-corrected chi connectivity index (χ4v) is 3.09. The molecule has 0 fully saturated rings. The molecule has 0 aliphatic heterocycles. The first-order valence-corrected chi connectivity index (χ1v) is 8.52. The van der Waals surface area contributed by atoms with Crippen LogP contribution >= 0.6 is 31.9 Å². The predicted octanol–water partition coefficient (Wildman–Crippen LogP) is 4.47. The summed E-state index contributed by atoms with van der Waals surface area (Å²) in [6.45, 7) is 0. The molecule has 0 bridgehead atoms. The van der Waals surface area contributed by atoms with Crippen LogP contribution in [-0.2, 0) is 0 Å². The highest BCUT2D eigenvalue weighted by molar-refractivity contribution is 9.10. The molecule has 10 nitrogen and oxygen atoms in total. The molecular formula is C14H8Br2N6O4. The van der Waals surface area contributed by atoms with Gasteiger partial charge in [-0.1, -0.05) is 12.1 Å². The summed E-state index contributed by atoms with van der Waals surface area (Å²) in [4.78, 5) is 20.2. The molecule has 0 aliphatic carbocycles. The summed E-state index contributed by atoms with van der Waals surface area (Å²) in [5.41, 5.74) is 0.776. The lowest BCUT2D eigenvalue weighted by Gasteiger charge is -1.90. The van der Waals surface area contributed by atoms with E-state index < -0.39 is 9.85 Å². The standard InChI is InChI=1S/2C7H4BrN3O2/c2*8-7-4-2-1-3-5(11(12)13)6(4)9-10-7/h2*1-3H,(H,9,10). The molecule has 0 unspecified atom stereocenters. The van der Waals surface area contributed by atoms with Gasteiger partial charge in [-0.25, -0.2) is 0 Å². The second kappa shape index (κ2) is 7.17. The fraction of sp³-hybridized carbons (Fsp3) is 0. The van der Waals surface area contributed by atoms with E-state index in [2.05, 4.69) is 52.3 Å². The second-order valence-corrected chi connectivity index (χ2v) is 6.52. The van der Waals surface area contributed by atoms with Crippen LogP contribution in [0.2, 0.25) is 0 Å². The van der Waals surface area contributed by atoms with E-state index in [0.717, 1.165) is 0 Å². The number of H-pyrrole nitrogens is 2. The molecular weight excluding hydrogens is 476 g/mol. The average molecular weight is 484 g/mol. The average Bonchev–Trinajstić information content (AvgIpc) is 3.19. The number of nitro benzene ring substituents is 2. The van der Waals surface area contributed by atoms with Gasteiger partial charge in [0.1, 0.15) is 9.21 Å². The molecule has 0 saturated heterocycles. The number of halogens is 2. The van der Waals surface area contributed by atoms with Crippen molar-refractivity contribution in [2.24, 2.45) is 0 Å². The predicted molar refractivity (Wildman–Crippen MR) is 101 cm³/mol. The fourth-order valence-electron chi connectivity index (χ4n) is 2.28. The number of aromatic amines is 2. The number of fused-ring (bicyclic) bond motifs is 2. The number of nitro groups is 2. The molecule has 0 saturated carbocycles. The summed E-state index contributed by atoms with van der Waals surface area (Å²) in [5, 5.41) is 35.5. The number of rotatable bonds is 2. The van der Waals surface area contributed by atoms with Crippen molar-refractivity contribution in [1.82, 2.24) is 20.4 Å². The summed E-state index contributed by atoms with van der Waals surface area (Å²) in [6, 6.07) is 9.62. The zero-order valence-electron chi connectivity index (χ0n) is 12.6. The first-order chi connectivity index (χ1) is 12.4. The van der Waals surface area contributed by atoms with E-state index in [0.29, 0.717) is 31.0 Å². The molecule has 0 spiro atoms. The normalized spacial score (nSPS) is 10.5. The van der Waals surface area contributed by atoms with Crippen molar-refractivity contribution in [2.45, 2.75) is 0 Å². The van der Waals surface area contributed by atoms with Crippen molar-refractivity contribution in [3.05, 3.63) is 65.8 Å². The number of hydrogen-bond donors (Lipinski definition) is 2. The van der Waals surface area contributed by atoms with Crippen LogP contribution in [0.3, 0.4) is 0 Å². The number of non-ortho nitro benzene ring substituents is 2. The highest BCUT2D eigenvalue weighted by atomic mass is 79.9. The largest absolute Gasteiger partial charge is 0.297 e. The Morgan fingerprint density at radius 1 is 0.769 bits per heavy atom. The summed E-state index contributed by atoms with van der Waals surface area (Å²) < 4.78 is 1.32. The van der Waals surface area contributed by atoms with Gasteiger partial charge >= 0.3 is 0 Å². The number of nitrogens with one attached hydrogen (secondary N) is 2. The molecule has 0 atom stereocenters. The number of aromatic nitrogens is 4. The van der Waals surface area contributed by atoms with Crippen LogP contribution in [0.15, 0.2) is 45.6 Å². The maximum Gasteiger partial charge on any atom is 0.297 e. The quantitative estimate of drug-likeness (QED) is 0.318. The molecule has 0 radical (unpaired) electrons. The van der Waals surface area contributed by atoms with Gasteiger partial charge in [-0.2, -0.15) is 10.2 Å². The van der Waals surface area contributed by atoms with Gasteiger partial charge in [0.15, 0.2) is 11.0 Å². The molecule has 26 heavy (non-hydrogen) atoms. The van der Waals surface area contributed by atoms with Gasteiger partial charge in [0.05, 0.1) is 9.85 Å². The maximum atomic E-state index is 10.6. The van der Waals surface area contributed by atoms with Gasteiger partial charge in [0.2, 0.25) is 0 Å². The van der Waals surface area contributed by atoms with E-state index in [9.17, 15) is 20.2 Å². The SMILES string of the molecule is O=[N+]([O-])c1cccc2c(Br)[nH]nc12.O=[N+]([O-])c1cccc2c(Br)[nH]nc12. The van der Waals surface area contributed by atoms with Crippen LogP contribution in [-0.4, -0.2) is 30.2 Å². The van der Waals surface area contributed by atoms with Crippen molar-refractivity contribution in [3.8, 4) is 0 Å². The van der Waals surface area contributed by atoms with E-state index in [4.69, 9.17) is 0 Å². The van der Waals surface area contributed by atoms with Crippen molar-refractivity contribution in [3.63, 3.8) is 0 Å². The van der Waals surface area contributed by atoms with E-state index >= 15 is 0 Å². The maximum absolute atomic E-state index is 10.6. The van der Waals surface area contributed by atoms with E-state index in [1.54, 1.807) is 24.3 Å². The summed E-state index contributed by atoms with van der Waals surface area (Å²) >= 11 is 6.42. The monoisotopic (exact) mass is 482 g/mol. The first-order valence-electron chi connectivity index (χ1n) is 6.94. The molecule has 2 N–H and O–H groups in total. The van der Waals surface area contributed by atoms with Gasteiger partial charge in [-0.05, 0) is 44.0 Å². The third-order valence-corrected chi connectivity index (χ3v) is 4.64. The third kappa shape index (κ3) is 3.28. The summed E-state index contributed by atoms with van der Waals surface area (Å²) in [6.07, 6.45) is 0. The minimum Gasteiger partial charge on any atom is -0.270 e. The molecule has 12 heteroatoms. The highest BCUT2D eigenvalue weighted by Gasteiger charge is 2.15. The minimum absolute atomic E-state index is 0.0134. The summed E-state index contributed by atoms with van der Waals surface area (Å²) in [5.74, 6) is 0. The van der Waals surface area contributed by atoms with Crippen LogP contribution in [0.1, 0.15) is 0 Å². The third-order valence-electron chi connectivity index (χ3n) is 3.43. The molecule has 2 heterocycles. The number of nitrogens with zero attached hydrogens (tertiary/aromatic N) is 4. The second-order valence-electron chi connectivity index (χ2n) is 4.94. The molecule has 4 aromatic rings. The van der Waals surface area contributed by atoms with Crippen molar-refractivity contribution in [1.29, 1.82) is 0 Å². The number of hydrogen-bond acceptors (Lipinski definition) is 6. The van der Waals surface area contributed by atoms with Crippen molar-refractivity contribution < 1.29 is 9.85 Å². The van der Waals surface area contributed by atoms with Gasteiger partial charge in [-0.15, -0.1) is 0 Å². The molecule has 0 aliphatic rings. The topological polar surface area (TPSA) is 144 Å². The Labute approximate surface area is 161 Å². The zero-order valence-corrected chi connectivity index (χ0v) is 15.8. The van der Waals surface area contributed by atoms with Crippen LogP contribution in [0, 0.1) is 20.2 Å². The molecule has 2 aromatic heterocycles. The van der Waals surface area contributed by atoms with E-state index in [1.165, 1.54) is 12.1 Å². The Kier molecular flexibility index (Phi) is 4.95. The molecule has 4 rings (SSSR count). The van der Waals surface area contributed by atoms with E-state index in [1.807, 2.05) is 0 Å². The lowest BCUT2D eigenvalue weighted by atomic mass is 10.2. The Morgan fingerprint density at radius 3 is 1.50 bits per heavy atom.